The summed E-state index contributed by atoms with van der Waals surface area (Å²) in [5, 5.41) is 12.6. The number of piperidine rings is 1. The molecule has 1 amide bonds. The first-order valence-corrected chi connectivity index (χ1v) is 13.4. The van der Waals surface area contributed by atoms with Crippen LogP contribution in [0.5, 0.6) is 0 Å². The second-order valence-corrected chi connectivity index (χ2v) is 10.3. The number of carbonyl (C=O) groups excluding carboxylic acids is 2. The van der Waals surface area contributed by atoms with Gasteiger partial charge in [0.25, 0.3) is 0 Å². The molecule has 1 saturated heterocycles. The predicted molar refractivity (Wildman–Crippen MR) is 148 cm³/mol. The highest BCUT2D eigenvalue weighted by molar-refractivity contribution is 6.30. The SMILES string of the molecule is CC1=NC(C)=C(C(=O)NC2CCN(Cc3ccccc3)CC2)C(c2cccc(Cl)c2)C1C(=O)OCCC#N. The van der Waals surface area contributed by atoms with Crippen LogP contribution in [0.2, 0.25) is 5.02 Å². The van der Waals surface area contributed by atoms with Gasteiger partial charge in [0.15, 0.2) is 0 Å². The van der Waals surface area contributed by atoms with Crippen LogP contribution in [0.3, 0.4) is 0 Å². The number of ether oxygens (including phenoxy) is 1. The summed E-state index contributed by atoms with van der Waals surface area (Å²) < 4.78 is 5.41. The van der Waals surface area contributed by atoms with E-state index in [1.807, 2.05) is 24.3 Å². The zero-order valence-corrected chi connectivity index (χ0v) is 22.6. The Labute approximate surface area is 229 Å². The van der Waals surface area contributed by atoms with Crippen molar-refractivity contribution in [3.63, 3.8) is 0 Å². The molecular formula is C30H33ClN4O3. The van der Waals surface area contributed by atoms with Crippen molar-refractivity contribution >= 4 is 29.2 Å². The Kier molecular flexibility index (Phi) is 9.33. The van der Waals surface area contributed by atoms with Crippen LogP contribution in [0, 0.1) is 17.2 Å². The van der Waals surface area contributed by atoms with Crippen molar-refractivity contribution in [1.29, 1.82) is 5.26 Å². The summed E-state index contributed by atoms with van der Waals surface area (Å²) >= 11 is 6.32. The summed E-state index contributed by atoms with van der Waals surface area (Å²) in [7, 11) is 0. The lowest BCUT2D eigenvalue weighted by Gasteiger charge is -2.35. The fourth-order valence-electron chi connectivity index (χ4n) is 5.33. The third-order valence-corrected chi connectivity index (χ3v) is 7.40. The molecule has 2 aliphatic heterocycles. The van der Waals surface area contributed by atoms with E-state index in [1.165, 1.54) is 5.56 Å². The second-order valence-electron chi connectivity index (χ2n) is 9.85. The molecule has 0 radical (unpaired) electrons. The Morgan fingerprint density at radius 3 is 2.55 bits per heavy atom. The van der Waals surface area contributed by atoms with Gasteiger partial charge in [0, 0.05) is 53.6 Å². The standard InChI is InChI=1S/C30H33ClN4O3/c1-20-26(29(36)34-25-12-15-35(16-13-25)19-22-8-4-3-5-9-22)28(23-10-6-11-24(31)18-23)27(21(2)33-20)30(37)38-17-7-14-32/h3-6,8-11,18,25,27-28H,7,12-13,15-17,19H2,1-2H3,(H,34,36). The van der Waals surface area contributed by atoms with Crippen molar-refractivity contribution in [3.05, 3.63) is 82.0 Å². The minimum Gasteiger partial charge on any atom is -0.464 e. The number of allylic oxidation sites excluding steroid dienone is 1. The smallest absolute Gasteiger partial charge is 0.315 e. The van der Waals surface area contributed by atoms with E-state index in [0.29, 0.717) is 22.0 Å². The van der Waals surface area contributed by atoms with Gasteiger partial charge < -0.3 is 10.1 Å². The first-order valence-electron chi connectivity index (χ1n) is 13.0. The molecule has 0 aliphatic carbocycles. The number of benzene rings is 2. The van der Waals surface area contributed by atoms with Gasteiger partial charge in [-0.2, -0.15) is 5.26 Å². The van der Waals surface area contributed by atoms with Crippen LogP contribution in [0.25, 0.3) is 0 Å². The number of amides is 1. The molecule has 198 valence electrons. The van der Waals surface area contributed by atoms with Gasteiger partial charge in [0.2, 0.25) is 5.91 Å². The number of nitrogens with one attached hydrogen (secondary N) is 1. The van der Waals surface area contributed by atoms with E-state index >= 15 is 0 Å². The van der Waals surface area contributed by atoms with Gasteiger partial charge in [0.1, 0.15) is 12.5 Å². The van der Waals surface area contributed by atoms with Gasteiger partial charge in [-0.3, -0.25) is 19.5 Å². The number of hydrogen-bond acceptors (Lipinski definition) is 6. The van der Waals surface area contributed by atoms with E-state index in [9.17, 15) is 9.59 Å². The maximum absolute atomic E-state index is 13.8. The maximum Gasteiger partial charge on any atom is 0.315 e. The molecule has 38 heavy (non-hydrogen) atoms. The molecule has 2 aliphatic rings. The number of aliphatic imine (C=N–C) groups is 1. The molecule has 1 fully saturated rings. The number of rotatable bonds is 8. The summed E-state index contributed by atoms with van der Waals surface area (Å²) in [6.45, 7) is 6.24. The van der Waals surface area contributed by atoms with Gasteiger partial charge in [-0.25, -0.2) is 0 Å². The zero-order valence-electron chi connectivity index (χ0n) is 21.8. The average molecular weight is 533 g/mol. The van der Waals surface area contributed by atoms with E-state index in [4.69, 9.17) is 21.6 Å². The quantitative estimate of drug-likeness (QED) is 0.380. The number of esters is 1. The van der Waals surface area contributed by atoms with E-state index in [-0.39, 0.29) is 25.0 Å². The highest BCUT2D eigenvalue weighted by Crippen LogP contribution is 2.40. The van der Waals surface area contributed by atoms with Crippen LogP contribution in [-0.4, -0.2) is 48.2 Å². The predicted octanol–water partition coefficient (Wildman–Crippen LogP) is 5.03. The molecule has 0 spiro atoms. The first kappa shape index (κ1) is 27.6. The van der Waals surface area contributed by atoms with Crippen molar-refractivity contribution in [2.45, 2.75) is 51.6 Å². The molecule has 2 aromatic carbocycles. The van der Waals surface area contributed by atoms with E-state index in [2.05, 4.69) is 39.5 Å². The number of likely N-dealkylation sites (tertiary alicyclic amines) is 1. The van der Waals surface area contributed by atoms with Crippen LogP contribution in [0.15, 0.2) is 70.9 Å². The lowest BCUT2D eigenvalue weighted by Crippen LogP contribution is -2.46. The summed E-state index contributed by atoms with van der Waals surface area (Å²) in [6.07, 6.45) is 1.78. The summed E-state index contributed by atoms with van der Waals surface area (Å²) in [5.74, 6) is -2.11. The Morgan fingerprint density at radius 1 is 1.13 bits per heavy atom. The van der Waals surface area contributed by atoms with Gasteiger partial charge in [-0.05, 0) is 49.9 Å². The molecule has 0 bridgehead atoms. The summed E-state index contributed by atoms with van der Waals surface area (Å²) in [5.41, 5.74) is 3.62. The normalized spacial score (nSPS) is 20.4. The van der Waals surface area contributed by atoms with Crippen molar-refractivity contribution in [2.75, 3.05) is 19.7 Å². The number of nitrogens with zero attached hydrogens (tertiary/aromatic N) is 3. The van der Waals surface area contributed by atoms with Crippen LogP contribution < -0.4 is 5.32 Å². The zero-order chi connectivity index (χ0) is 27.1. The third-order valence-electron chi connectivity index (χ3n) is 7.16. The van der Waals surface area contributed by atoms with Crippen LogP contribution in [-0.2, 0) is 20.9 Å². The van der Waals surface area contributed by atoms with Gasteiger partial charge in [-0.1, -0.05) is 54.1 Å². The molecule has 1 N–H and O–H groups in total. The monoisotopic (exact) mass is 532 g/mol. The molecule has 2 unspecified atom stereocenters. The molecular weight excluding hydrogens is 500 g/mol. The molecule has 0 aromatic heterocycles. The van der Waals surface area contributed by atoms with Gasteiger partial charge >= 0.3 is 5.97 Å². The average Bonchev–Trinajstić information content (AvgIpc) is 2.90. The van der Waals surface area contributed by atoms with Crippen molar-refractivity contribution in [2.24, 2.45) is 10.9 Å². The minimum atomic E-state index is -0.788. The maximum atomic E-state index is 13.8. The fourth-order valence-corrected chi connectivity index (χ4v) is 5.52. The highest BCUT2D eigenvalue weighted by Gasteiger charge is 2.42. The molecule has 0 saturated carbocycles. The number of hydrogen-bond donors (Lipinski definition) is 1. The highest BCUT2D eigenvalue weighted by atomic mass is 35.5. The third kappa shape index (κ3) is 6.69. The molecule has 7 nitrogen and oxygen atoms in total. The minimum absolute atomic E-state index is 0.00678. The van der Waals surface area contributed by atoms with E-state index in [0.717, 1.165) is 38.0 Å². The van der Waals surface area contributed by atoms with Crippen LogP contribution in [0.1, 0.15) is 50.2 Å². The van der Waals surface area contributed by atoms with Crippen molar-refractivity contribution in [1.82, 2.24) is 10.2 Å². The largest absolute Gasteiger partial charge is 0.464 e. The van der Waals surface area contributed by atoms with Gasteiger partial charge in [-0.15, -0.1) is 0 Å². The first-order chi connectivity index (χ1) is 18.4. The van der Waals surface area contributed by atoms with Gasteiger partial charge in [0.05, 0.1) is 12.5 Å². The van der Waals surface area contributed by atoms with E-state index < -0.39 is 17.8 Å². The molecule has 2 aromatic rings. The molecule has 2 atom stereocenters. The lowest BCUT2D eigenvalue weighted by molar-refractivity contribution is -0.146. The van der Waals surface area contributed by atoms with Crippen molar-refractivity contribution in [3.8, 4) is 6.07 Å². The number of carbonyl (C=O) groups is 2. The fraction of sp³-hybridized carbons (Fsp3) is 0.400. The Balaban J connectivity index is 1.52. The topological polar surface area (TPSA) is 94.8 Å². The summed E-state index contributed by atoms with van der Waals surface area (Å²) in [4.78, 5) is 34.0. The number of nitriles is 1. The summed E-state index contributed by atoms with van der Waals surface area (Å²) in [6, 6.07) is 19.6. The Bertz CT molecular complexity index is 1260. The van der Waals surface area contributed by atoms with Crippen LogP contribution in [0.4, 0.5) is 0 Å². The Morgan fingerprint density at radius 2 is 1.87 bits per heavy atom. The molecule has 2 heterocycles. The lowest BCUT2D eigenvalue weighted by atomic mass is 9.75. The molecule has 8 heteroatoms. The number of halogens is 1. The van der Waals surface area contributed by atoms with Crippen LogP contribution >= 0.6 is 11.6 Å². The van der Waals surface area contributed by atoms with Crippen molar-refractivity contribution < 1.29 is 14.3 Å². The van der Waals surface area contributed by atoms with E-state index in [1.54, 1.807) is 26.0 Å². The Hall–Kier alpha value is -3.47. The second kappa shape index (κ2) is 12.9. The molecule has 4 rings (SSSR count).